The van der Waals surface area contributed by atoms with E-state index in [-0.39, 0.29) is 17.7 Å². The lowest BCUT2D eigenvalue weighted by Gasteiger charge is -2.33. The van der Waals surface area contributed by atoms with Crippen molar-refractivity contribution in [1.29, 1.82) is 0 Å². The highest BCUT2D eigenvalue weighted by molar-refractivity contribution is 6.34. The summed E-state index contributed by atoms with van der Waals surface area (Å²) in [5.74, 6) is -1.48. The highest BCUT2D eigenvalue weighted by Crippen LogP contribution is 2.34. The first-order valence-corrected chi connectivity index (χ1v) is 9.02. The van der Waals surface area contributed by atoms with Crippen LogP contribution in [0.2, 0.25) is 5.02 Å². The fourth-order valence-electron chi connectivity index (χ4n) is 3.31. The number of nitrogens with one attached hydrogen (secondary N) is 1. The van der Waals surface area contributed by atoms with Gasteiger partial charge in [0.2, 0.25) is 11.8 Å². The van der Waals surface area contributed by atoms with Crippen LogP contribution in [0.1, 0.15) is 25.3 Å². The molecule has 2 amide bonds. The number of nitrogens with zero attached hydrogens (tertiary/aromatic N) is 1. The number of anilines is 2. The zero-order valence-corrected chi connectivity index (χ0v) is 15.5. The average molecular weight is 393 g/mol. The van der Waals surface area contributed by atoms with Crippen molar-refractivity contribution in [2.75, 3.05) is 16.8 Å². The summed E-state index contributed by atoms with van der Waals surface area (Å²) in [5.41, 5.74) is 1.48. The van der Waals surface area contributed by atoms with Gasteiger partial charge in [0.15, 0.2) is 0 Å². The monoisotopic (exact) mass is 392 g/mol. The number of carbonyl (C=O) groups excluding carboxylic acids is 2. The Kier molecular flexibility index (Phi) is 5.75. The van der Waals surface area contributed by atoms with E-state index in [1.165, 1.54) is 19.1 Å². The Hall–Kier alpha value is -2.47. The summed E-state index contributed by atoms with van der Waals surface area (Å²) in [5, 5.41) is 3.06. The smallest absolute Gasteiger partial charge is 0.227 e. The largest absolute Gasteiger partial charge is 0.326 e. The Morgan fingerprint density at radius 2 is 2.04 bits per heavy atom. The minimum absolute atomic E-state index is 0.0168. The van der Waals surface area contributed by atoms with Crippen LogP contribution in [0, 0.1) is 17.6 Å². The van der Waals surface area contributed by atoms with Crippen LogP contribution < -0.4 is 10.2 Å². The molecule has 1 atom stereocenters. The van der Waals surface area contributed by atoms with Crippen molar-refractivity contribution in [3.63, 3.8) is 0 Å². The third kappa shape index (κ3) is 4.63. The summed E-state index contributed by atoms with van der Waals surface area (Å²) < 4.78 is 27.1. The highest BCUT2D eigenvalue weighted by atomic mass is 35.5. The van der Waals surface area contributed by atoms with Gasteiger partial charge < -0.3 is 10.2 Å². The summed E-state index contributed by atoms with van der Waals surface area (Å²) in [4.78, 5) is 25.3. The van der Waals surface area contributed by atoms with E-state index in [2.05, 4.69) is 5.32 Å². The number of halogens is 3. The molecule has 1 saturated heterocycles. The Morgan fingerprint density at radius 3 is 2.74 bits per heavy atom. The quantitative estimate of drug-likeness (QED) is 0.829. The van der Waals surface area contributed by atoms with Gasteiger partial charge in [-0.15, -0.1) is 0 Å². The van der Waals surface area contributed by atoms with Crippen LogP contribution in [0.25, 0.3) is 0 Å². The molecule has 142 valence electrons. The molecule has 0 radical (unpaired) electrons. The molecular weight excluding hydrogens is 374 g/mol. The van der Waals surface area contributed by atoms with E-state index in [0.29, 0.717) is 47.8 Å². The second-order valence-corrected chi connectivity index (χ2v) is 7.10. The summed E-state index contributed by atoms with van der Waals surface area (Å²) in [6, 6.07) is 8.48. The van der Waals surface area contributed by atoms with E-state index in [0.717, 1.165) is 6.07 Å². The molecule has 4 nitrogen and oxygen atoms in total. The predicted octanol–water partition coefficient (Wildman–Crippen LogP) is 4.56. The Bertz CT molecular complexity index is 888. The fourth-order valence-corrected chi connectivity index (χ4v) is 3.53. The van der Waals surface area contributed by atoms with Gasteiger partial charge in [-0.2, -0.15) is 0 Å². The minimum atomic E-state index is -0.613. The second kappa shape index (κ2) is 8.05. The second-order valence-electron chi connectivity index (χ2n) is 6.70. The number of carbonyl (C=O) groups is 2. The topological polar surface area (TPSA) is 49.4 Å². The maximum Gasteiger partial charge on any atom is 0.227 e. The maximum absolute atomic E-state index is 14.0. The van der Waals surface area contributed by atoms with Gasteiger partial charge in [-0.25, -0.2) is 8.78 Å². The van der Waals surface area contributed by atoms with Gasteiger partial charge in [-0.1, -0.05) is 17.7 Å². The molecule has 1 aliphatic heterocycles. The molecule has 1 heterocycles. The summed E-state index contributed by atoms with van der Waals surface area (Å²) in [6.45, 7) is 1.77. The van der Waals surface area contributed by atoms with Gasteiger partial charge in [0, 0.05) is 31.6 Å². The SMILES string of the molecule is CC(=O)Nc1ccc(Cl)c(N2CC(Cc3ccc(F)cc3F)CCC2=O)c1. The number of hydrogen-bond donors (Lipinski definition) is 1. The maximum atomic E-state index is 14.0. The van der Waals surface area contributed by atoms with Crippen molar-refractivity contribution < 1.29 is 18.4 Å². The normalized spacial score (nSPS) is 17.1. The molecule has 0 bridgehead atoms. The van der Waals surface area contributed by atoms with E-state index in [9.17, 15) is 18.4 Å². The molecule has 0 saturated carbocycles. The molecule has 2 aromatic rings. The van der Waals surface area contributed by atoms with Crippen LogP contribution in [0.3, 0.4) is 0 Å². The van der Waals surface area contributed by atoms with Gasteiger partial charge in [0.1, 0.15) is 11.6 Å². The molecule has 27 heavy (non-hydrogen) atoms. The van der Waals surface area contributed by atoms with Gasteiger partial charge in [-0.3, -0.25) is 9.59 Å². The summed E-state index contributed by atoms with van der Waals surface area (Å²) in [6.07, 6.45) is 1.34. The molecule has 1 aliphatic rings. The van der Waals surface area contributed by atoms with E-state index in [1.807, 2.05) is 0 Å². The molecule has 0 aromatic heterocycles. The van der Waals surface area contributed by atoms with Crippen LogP contribution in [0.4, 0.5) is 20.2 Å². The lowest BCUT2D eigenvalue weighted by Crippen LogP contribution is -2.41. The van der Waals surface area contributed by atoms with Crippen LogP contribution in [-0.4, -0.2) is 18.4 Å². The number of piperidine rings is 1. The molecule has 0 spiro atoms. The Balaban J connectivity index is 1.81. The zero-order chi connectivity index (χ0) is 19.6. The molecule has 1 fully saturated rings. The standard InChI is InChI=1S/C20H19ClF2N2O2/c1-12(26)24-16-5-6-17(21)19(10-16)25-11-13(2-7-20(25)27)8-14-3-4-15(22)9-18(14)23/h3-6,9-10,13H,2,7-8,11H2,1H3,(H,24,26). The minimum Gasteiger partial charge on any atom is -0.326 e. The van der Waals surface area contributed by atoms with Crippen molar-refractivity contribution in [2.45, 2.75) is 26.2 Å². The molecule has 7 heteroatoms. The van der Waals surface area contributed by atoms with E-state index >= 15 is 0 Å². The lowest BCUT2D eigenvalue weighted by molar-refractivity contribution is -0.120. The molecule has 2 aromatic carbocycles. The molecular formula is C20H19ClF2N2O2. The lowest BCUT2D eigenvalue weighted by atomic mass is 9.90. The summed E-state index contributed by atoms with van der Waals surface area (Å²) >= 11 is 6.27. The zero-order valence-electron chi connectivity index (χ0n) is 14.8. The highest BCUT2D eigenvalue weighted by Gasteiger charge is 2.29. The van der Waals surface area contributed by atoms with Crippen molar-refractivity contribution in [3.05, 3.63) is 58.6 Å². The van der Waals surface area contributed by atoms with Crippen LogP contribution in [0.15, 0.2) is 36.4 Å². The van der Waals surface area contributed by atoms with Gasteiger partial charge >= 0.3 is 0 Å². The number of benzene rings is 2. The fraction of sp³-hybridized carbons (Fsp3) is 0.300. The van der Waals surface area contributed by atoms with Gasteiger partial charge in [0.25, 0.3) is 0 Å². The van der Waals surface area contributed by atoms with Crippen LogP contribution in [-0.2, 0) is 16.0 Å². The molecule has 3 rings (SSSR count). The van der Waals surface area contributed by atoms with Crippen LogP contribution >= 0.6 is 11.6 Å². The van der Waals surface area contributed by atoms with Crippen molar-refractivity contribution in [3.8, 4) is 0 Å². The number of rotatable bonds is 4. The van der Waals surface area contributed by atoms with E-state index < -0.39 is 11.6 Å². The Morgan fingerprint density at radius 1 is 1.26 bits per heavy atom. The molecule has 1 N–H and O–H groups in total. The number of amides is 2. The first kappa shape index (κ1) is 19.3. The van der Waals surface area contributed by atoms with Gasteiger partial charge in [0.05, 0.1) is 10.7 Å². The number of hydrogen-bond acceptors (Lipinski definition) is 2. The molecule has 0 aliphatic carbocycles. The van der Waals surface area contributed by atoms with Crippen molar-refractivity contribution in [1.82, 2.24) is 0 Å². The van der Waals surface area contributed by atoms with E-state index in [1.54, 1.807) is 23.1 Å². The third-order valence-corrected chi connectivity index (χ3v) is 4.91. The van der Waals surface area contributed by atoms with E-state index in [4.69, 9.17) is 11.6 Å². The van der Waals surface area contributed by atoms with Crippen molar-refractivity contribution >= 4 is 34.8 Å². The first-order chi connectivity index (χ1) is 12.8. The third-order valence-electron chi connectivity index (χ3n) is 4.59. The van der Waals surface area contributed by atoms with Crippen LogP contribution in [0.5, 0.6) is 0 Å². The summed E-state index contributed by atoms with van der Waals surface area (Å²) in [7, 11) is 0. The molecule has 1 unspecified atom stereocenters. The average Bonchev–Trinajstić information content (AvgIpc) is 2.60. The van der Waals surface area contributed by atoms with Gasteiger partial charge in [-0.05, 0) is 48.6 Å². The Labute approximate surface area is 161 Å². The predicted molar refractivity (Wildman–Crippen MR) is 101 cm³/mol. The van der Waals surface area contributed by atoms with Crippen molar-refractivity contribution in [2.24, 2.45) is 5.92 Å². The first-order valence-electron chi connectivity index (χ1n) is 8.65.